The van der Waals surface area contributed by atoms with E-state index in [1.807, 2.05) is 0 Å². The van der Waals surface area contributed by atoms with Crippen LogP contribution in [0.3, 0.4) is 0 Å². The number of carbonyl (C=O) groups excluding carboxylic acids is 2. The first-order valence-electron chi connectivity index (χ1n) is 9.44. The molecule has 0 heterocycles. The number of benzene rings is 2. The molecular formula is C22H24N2O7. The first kappa shape index (κ1) is 23.3. The molecule has 2 aromatic carbocycles. The van der Waals surface area contributed by atoms with E-state index in [9.17, 15) is 29.7 Å². The highest BCUT2D eigenvalue weighted by atomic mass is 16.4. The minimum atomic E-state index is -1.27. The second kappa shape index (κ2) is 10.7. The number of aromatic hydroxyl groups is 3. The number of hydrogen-bond acceptors (Lipinski definition) is 6. The van der Waals surface area contributed by atoms with Gasteiger partial charge in [0, 0.05) is 12.6 Å². The van der Waals surface area contributed by atoms with E-state index in [1.165, 1.54) is 24.3 Å². The summed E-state index contributed by atoms with van der Waals surface area (Å²) in [5.74, 6) is -3.06. The van der Waals surface area contributed by atoms with Gasteiger partial charge in [0.1, 0.15) is 11.8 Å². The van der Waals surface area contributed by atoms with Gasteiger partial charge in [0.15, 0.2) is 11.5 Å². The van der Waals surface area contributed by atoms with Crippen LogP contribution >= 0.6 is 0 Å². The Morgan fingerprint density at radius 3 is 2.35 bits per heavy atom. The molecule has 9 heteroatoms. The van der Waals surface area contributed by atoms with Gasteiger partial charge in [0.05, 0.1) is 6.42 Å². The molecule has 0 fully saturated rings. The Balaban J connectivity index is 1.94. The highest BCUT2D eigenvalue weighted by molar-refractivity contribution is 5.96. The van der Waals surface area contributed by atoms with Gasteiger partial charge in [-0.2, -0.15) is 0 Å². The third-order valence-electron chi connectivity index (χ3n) is 4.41. The smallest absolute Gasteiger partial charge is 0.305 e. The van der Waals surface area contributed by atoms with Crippen molar-refractivity contribution < 1.29 is 34.8 Å². The molecule has 0 bridgehead atoms. The zero-order chi connectivity index (χ0) is 23.0. The van der Waals surface area contributed by atoms with Crippen LogP contribution in [0.5, 0.6) is 17.2 Å². The number of aliphatic carboxylic acids is 1. The molecule has 1 atom stereocenters. The second-order valence-electron chi connectivity index (χ2n) is 6.90. The molecule has 0 saturated heterocycles. The largest absolute Gasteiger partial charge is 0.508 e. The molecule has 2 rings (SSSR count). The third kappa shape index (κ3) is 7.39. The molecule has 0 aliphatic carbocycles. The van der Waals surface area contributed by atoms with E-state index in [0.717, 1.165) is 11.6 Å². The summed E-state index contributed by atoms with van der Waals surface area (Å²) in [4.78, 5) is 35.6. The van der Waals surface area contributed by atoms with E-state index in [-0.39, 0.29) is 23.8 Å². The van der Waals surface area contributed by atoms with E-state index in [0.29, 0.717) is 17.5 Å². The molecular weight excluding hydrogens is 404 g/mol. The maximum absolute atomic E-state index is 12.4. The van der Waals surface area contributed by atoms with E-state index >= 15 is 0 Å². The van der Waals surface area contributed by atoms with Crippen molar-refractivity contribution in [2.24, 2.45) is 0 Å². The Hall–Kier alpha value is -4.01. The molecule has 6 N–H and O–H groups in total. The first-order valence-corrected chi connectivity index (χ1v) is 9.44. The average molecular weight is 428 g/mol. The van der Waals surface area contributed by atoms with Crippen LogP contribution in [0.25, 0.3) is 6.08 Å². The molecule has 0 aromatic heterocycles. The fourth-order valence-corrected chi connectivity index (χ4v) is 2.75. The summed E-state index contributed by atoms with van der Waals surface area (Å²) in [6.07, 6.45) is 2.30. The van der Waals surface area contributed by atoms with Crippen LogP contribution in [0.2, 0.25) is 0 Å². The molecule has 9 nitrogen and oxygen atoms in total. The summed E-state index contributed by atoms with van der Waals surface area (Å²) in [5, 5.41) is 42.3. The van der Waals surface area contributed by atoms with Gasteiger partial charge in [-0.05, 0) is 54.3 Å². The Bertz CT molecular complexity index is 1000. The van der Waals surface area contributed by atoms with E-state index < -0.39 is 30.2 Å². The second-order valence-corrected chi connectivity index (χ2v) is 6.90. The summed E-state index contributed by atoms with van der Waals surface area (Å²) in [5.41, 5.74) is 2.01. The fourth-order valence-electron chi connectivity index (χ4n) is 2.75. The zero-order valence-electron chi connectivity index (χ0n) is 16.8. The van der Waals surface area contributed by atoms with Crippen molar-refractivity contribution in [3.05, 3.63) is 59.2 Å². The summed E-state index contributed by atoms with van der Waals surface area (Å²) in [6.45, 7) is 1.97. The molecule has 31 heavy (non-hydrogen) atoms. The van der Waals surface area contributed by atoms with Crippen LogP contribution in [0.1, 0.15) is 23.1 Å². The lowest BCUT2D eigenvalue weighted by Crippen LogP contribution is -2.47. The quantitative estimate of drug-likeness (QED) is 0.261. The maximum Gasteiger partial charge on any atom is 0.305 e. The highest BCUT2D eigenvalue weighted by Gasteiger charge is 2.22. The van der Waals surface area contributed by atoms with Crippen LogP contribution in [0.15, 0.2) is 42.5 Å². The predicted molar refractivity (Wildman–Crippen MR) is 113 cm³/mol. The molecule has 164 valence electrons. The van der Waals surface area contributed by atoms with Crippen molar-refractivity contribution in [1.29, 1.82) is 0 Å². The lowest BCUT2D eigenvalue weighted by atomic mass is 10.1. The number of phenols is 3. The molecule has 1 unspecified atom stereocenters. The fraction of sp³-hybridized carbons (Fsp3) is 0.227. The van der Waals surface area contributed by atoms with Crippen LogP contribution in [0, 0.1) is 6.92 Å². The van der Waals surface area contributed by atoms with E-state index in [4.69, 9.17) is 5.11 Å². The topological polar surface area (TPSA) is 156 Å². The molecule has 0 spiro atoms. The van der Waals surface area contributed by atoms with Crippen LogP contribution in [-0.4, -0.2) is 50.8 Å². The number of aryl methyl sites for hydroxylation is 1. The van der Waals surface area contributed by atoms with Gasteiger partial charge in [0.2, 0.25) is 11.8 Å². The monoisotopic (exact) mass is 428 g/mol. The Morgan fingerprint density at radius 2 is 1.71 bits per heavy atom. The van der Waals surface area contributed by atoms with E-state index in [2.05, 4.69) is 10.6 Å². The van der Waals surface area contributed by atoms with Crippen LogP contribution in [0.4, 0.5) is 0 Å². The Morgan fingerprint density at radius 1 is 1.00 bits per heavy atom. The lowest BCUT2D eigenvalue weighted by Gasteiger charge is -2.16. The molecule has 2 amide bonds. The lowest BCUT2D eigenvalue weighted by molar-refractivity contribution is -0.140. The summed E-state index contributed by atoms with van der Waals surface area (Å²) >= 11 is 0. The van der Waals surface area contributed by atoms with Gasteiger partial charge in [-0.3, -0.25) is 14.4 Å². The number of nitrogens with one attached hydrogen (secondary N) is 2. The van der Waals surface area contributed by atoms with Gasteiger partial charge >= 0.3 is 5.97 Å². The summed E-state index contributed by atoms with van der Waals surface area (Å²) in [7, 11) is 0. The molecule has 0 aliphatic heterocycles. The van der Waals surface area contributed by atoms with Crippen molar-refractivity contribution in [3.8, 4) is 17.2 Å². The van der Waals surface area contributed by atoms with Crippen LogP contribution in [-0.2, 0) is 20.8 Å². The molecule has 0 aliphatic rings. The minimum Gasteiger partial charge on any atom is -0.508 e. The van der Waals surface area contributed by atoms with Crippen molar-refractivity contribution >= 4 is 23.9 Å². The molecule has 0 saturated carbocycles. The van der Waals surface area contributed by atoms with Gasteiger partial charge in [-0.15, -0.1) is 0 Å². The standard InChI is InChI=1S/C22H24N2O7/c1-13-10-15(2-5-17(13)25)8-9-23-22(31)16(12-21(29)30)24-20(28)7-4-14-3-6-18(26)19(27)11-14/h2-7,10-11,16,25-27H,8-9,12H2,1H3,(H,23,31)(H,24,28)(H,29,30)/b7-4+. The molecule has 0 radical (unpaired) electrons. The maximum atomic E-state index is 12.4. The van der Waals surface area contributed by atoms with Crippen LogP contribution < -0.4 is 10.6 Å². The Kier molecular flexibility index (Phi) is 8.01. The molecule has 2 aromatic rings. The number of carboxylic acid groups (broad SMARTS) is 1. The van der Waals surface area contributed by atoms with Crippen molar-refractivity contribution in [2.45, 2.75) is 25.8 Å². The van der Waals surface area contributed by atoms with E-state index in [1.54, 1.807) is 25.1 Å². The third-order valence-corrected chi connectivity index (χ3v) is 4.41. The summed E-state index contributed by atoms with van der Waals surface area (Å²) in [6, 6.07) is 7.74. The highest BCUT2D eigenvalue weighted by Crippen LogP contribution is 2.25. The average Bonchev–Trinajstić information content (AvgIpc) is 2.70. The first-order chi connectivity index (χ1) is 14.7. The predicted octanol–water partition coefficient (Wildman–Crippen LogP) is 1.44. The zero-order valence-corrected chi connectivity index (χ0v) is 16.8. The van der Waals surface area contributed by atoms with Crippen molar-refractivity contribution in [3.63, 3.8) is 0 Å². The number of amides is 2. The minimum absolute atomic E-state index is 0.174. The van der Waals surface area contributed by atoms with Gasteiger partial charge in [0.25, 0.3) is 0 Å². The number of rotatable bonds is 9. The van der Waals surface area contributed by atoms with Gasteiger partial charge in [-0.1, -0.05) is 18.2 Å². The normalized spacial score (nSPS) is 11.8. The number of phenolic OH excluding ortho intramolecular Hbond substituents is 3. The number of carbonyl (C=O) groups is 3. The number of carboxylic acids is 1. The SMILES string of the molecule is Cc1cc(CCNC(=O)C(CC(=O)O)NC(=O)/C=C/c2ccc(O)c(O)c2)ccc1O. The van der Waals surface area contributed by atoms with Gasteiger partial charge < -0.3 is 31.1 Å². The Labute approximate surface area is 178 Å². The van der Waals surface area contributed by atoms with Crippen molar-refractivity contribution in [1.82, 2.24) is 10.6 Å². The van der Waals surface area contributed by atoms with Crippen molar-refractivity contribution in [2.75, 3.05) is 6.54 Å². The summed E-state index contributed by atoms with van der Waals surface area (Å²) < 4.78 is 0. The van der Waals surface area contributed by atoms with Gasteiger partial charge in [-0.25, -0.2) is 0 Å². The number of hydrogen-bond donors (Lipinski definition) is 6.